The van der Waals surface area contributed by atoms with E-state index in [0.29, 0.717) is 11.8 Å². The van der Waals surface area contributed by atoms with Crippen molar-refractivity contribution in [2.75, 3.05) is 0 Å². The summed E-state index contributed by atoms with van der Waals surface area (Å²) in [5.74, 6) is 0.999. The van der Waals surface area contributed by atoms with Crippen LogP contribution in [0.3, 0.4) is 0 Å². The molecule has 2 radical (unpaired) electrons. The SMILES string of the molecule is CC(C)c1ccc2[cH-]c(-c3ccccc3)cc2c1-c1ccccc1.CC(C)c1ccc2[cH-]c(-c3ccccc3)cc2c1-c1ccccc1.[Cl][Zr][Cl].[c-]1cccc2c1[Si]c1ccccc1-2. The van der Waals surface area contributed by atoms with Crippen LogP contribution in [0.5, 0.6) is 0 Å². The van der Waals surface area contributed by atoms with Gasteiger partial charge in [0.25, 0.3) is 0 Å². The van der Waals surface area contributed by atoms with Gasteiger partial charge < -0.3 is 0 Å². The zero-order valence-electron chi connectivity index (χ0n) is 36.6. The Labute approximate surface area is 400 Å². The second kappa shape index (κ2) is 21.6. The van der Waals surface area contributed by atoms with Gasteiger partial charge in [0.1, 0.15) is 0 Å². The number of hydrogen-bond acceptors (Lipinski definition) is 0. The molecule has 0 fully saturated rings. The van der Waals surface area contributed by atoms with Gasteiger partial charge in [-0.15, -0.1) is 74.6 Å². The van der Waals surface area contributed by atoms with Crippen LogP contribution in [-0.4, -0.2) is 9.52 Å². The van der Waals surface area contributed by atoms with Crippen molar-refractivity contribution < 1.29 is 20.8 Å². The van der Waals surface area contributed by atoms with Crippen LogP contribution in [0.2, 0.25) is 0 Å². The van der Waals surface area contributed by atoms with Gasteiger partial charge in [-0.05, 0) is 34.1 Å². The van der Waals surface area contributed by atoms with Gasteiger partial charge in [0.2, 0.25) is 0 Å². The summed E-state index contributed by atoms with van der Waals surface area (Å²) in [5.41, 5.74) is 16.1. The number of benzene rings is 8. The zero-order chi connectivity index (χ0) is 44.4. The van der Waals surface area contributed by atoms with E-state index in [1.165, 1.54) is 98.7 Å². The van der Waals surface area contributed by atoms with Crippen LogP contribution in [0, 0.1) is 6.07 Å². The smallest absolute Gasteiger partial charge is 0.0920 e. The van der Waals surface area contributed by atoms with Crippen LogP contribution in [0.15, 0.2) is 212 Å². The Morgan fingerprint density at radius 3 is 1.28 bits per heavy atom. The fourth-order valence-electron chi connectivity index (χ4n) is 8.73. The van der Waals surface area contributed by atoms with Crippen molar-refractivity contribution in [3.05, 3.63) is 230 Å². The van der Waals surface area contributed by atoms with Gasteiger partial charge in [-0.25, -0.2) is 0 Å². The third kappa shape index (κ3) is 10.3. The van der Waals surface area contributed by atoms with E-state index in [1.807, 2.05) is 6.07 Å². The first-order chi connectivity index (χ1) is 31.3. The minimum atomic E-state index is -0.826. The third-order valence-corrected chi connectivity index (χ3v) is 13.1. The van der Waals surface area contributed by atoms with E-state index < -0.39 is 20.8 Å². The Balaban J connectivity index is 0.000000132. The van der Waals surface area contributed by atoms with E-state index in [-0.39, 0.29) is 0 Å². The van der Waals surface area contributed by atoms with E-state index >= 15 is 0 Å². The predicted octanol–water partition coefficient (Wildman–Crippen LogP) is 16.5. The summed E-state index contributed by atoms with van der Waals surface area (Å²) in [6.45, 7) is 9.09. The Bertz CT molecular complexity index is 2850. The van der Waals surface area contributed by atoms with Crippen molar-refractivity contribution in [1.82, 2.24) is 0 Å². The van der Waals surface area contributed by atoms with Crippen LogP contribution >= 0.6 is 17.0 Å². The fraction of sp³-hybridized carbons (Fsp3) is 0.100. The minimum Gasteiger partial charge on any atom is -0.184 e. The van der Waals surface area contributed by atoms with Crippen molar-refractivity contribution in [2.24, 2.45) is 0 Å². The molecule has 64 heavy (non-hydrogen) atoms. The Morgan fingerprint density at radius 1 is 0.453 bits per heavy atom. The summed E-state index contributed by atoms with van der Waals surface area (Å²) in [5, 5.41) is 8.16. The number of hydrogen-bond donors (Lipinski definition) is 0. The summed E-state index contributed by atoms with van der Waals surface area (Å²) in [7, 11) is 10.7. The molecule has 4 heteroatoms. The van der Waals surface area contributed by atoms with E-state index in [9.17, 15) is 0 Å². The van der Waals surface area contributed by atoms with E-state index in [1.54, 1.807) is 0 Å². The number of fused-ring (bicyclic) bond motifs is 5. The van der Waals surface area contributed by atoms with Gasteiger partial charge in [-0.1, -0.05) is 218 Å². The Hall–Kier alpha value is -5.34. The van der Waals surface area contributed by atoms with Gasteiger partial charge >= 0.3 is 37.9 Å². The standard InChI is InChI=1S/2C24H21.C12H7Si.2ClH.Zr/c2*1-17(2)22-14-13-20-15-21(18-9-5-3-6-10-18)16-23(20)24(22)19-11-7-4-8-12-19;1-3-7-11-9(5-1)10-6-2-4-8-12(10)13-11;;;/h2*3-17H,1-2H3;1-7H;2*1H;/q3*-1;;;+2/p-2. The predicted molar refractivity (Wildman–Crippen MR) is 276 cm³/mol. The van der Waals surface area contributed by atoms with Crippen molar-refractivity contribution in [3.8, 4) is 55.6 Å². The molecule has 1 aliphatic heterocycles. The summed E-state index contributed by atoms with van der Waals surface area (Å²) in [4.78, 5) is 0. The van der Waals surface area contributed by atoms with Gasteiger partial charge in [0, 0.05) is 0 Å². The normalized spacial score (nSPS) is 11.2. The monoisotopic (exact) mass is 957 g/mol. The molecule has 0 bridgehead atoms. The topological polar surface area (TPSA) is 0 Å². The van der Waals surface area contributed by atoms with Crippen molar-refractivity contribution in [2.45, 2.75) is 39.5 Å². The molecule has 0 atom stereocenters. The number of halogens is 2. The first-order valence-electron chi connectivity index (χ1n) is 21.9. The van der Waals surface area contributed by atoms with Crippen LogP contribution in [-0.2, 0) is 20.8 Å². The largest absolute Gasteiger partial charge is 0.184 e. The molecule has 0 aliphatic carbocycles. The van der Waals surface area contributed by atoms with Gasteiger partial charge in [-0.3, -0.25) is 0 Å². The zero-order valence-corrected chi connectivity index (χ0v) is 41.6. The molecule has 1 heterocycles. The first-order valence-corrected chi connectivity index (χ1v) is 29.2. The molecular weight excluding hydrogens is 911 g/mol. The van der Waals surface area contributed by atoms with Gasteiger partial charge in [-0.2, -0.15) is 29.5 Å². The number of rotatable bonds is 6. The maximum absolute atomic E-state index is 4.93. The fourth-order valence-corrected chi connectivity index (χ4v) is 10.0. The second-order valence-electron chi connectivity index (χ2n) is 16.5. The average Bonchev–Trinajstić information content (AvgIpc) is 4.09. The van der Waals surface area contributed by atoms with Crippen LogP contribution in [0.25, 0.3) is 77.2 Å². The van der Waals surface area contributed by atoms with Gasteiger partial charge in [0.05, 0.1) is 9.52 Å². The third-order valence-electron chi connectivity index (χ3n) is 11.8. The maximum Gasteiger partial charge on any atom is 0.0920 e. The second-order valence-corrected chi connectivity index (χ2v) is 21.5. The van der Waals surface area contributed by atoms with Crippen molar-refractivity contribution in [1.29, 1.82) is 0 Å². The molecule has 0 spiro atoms. The average molecular weight is 960 g/mol. The maximum atomic E-state index is 4.93. The molecule has 1 aliphatic rings. The first kappa shape index (κ1) is 45.2. The molecule has 0 aromatic heterocycles. The van der Waals surface area contributed by atoms with E-state index in [0.717, 1.165) is 9.52 Å². The Kier molecular flexibility index (Phi) is 15.2. The minimum absolute atomic E-state index is 0.500. The molecule has 0 amide bonds. The van der Waals surface area contributed by atoms with E-state index in [4.69, 9.17) is 17.0 Å². The summed E-state index contributed by atoms with van der Waals surface area (Å²) < 4.78 is 0. The molecule has 0 nitrogen and oxygen atoms in total. The molecule has 0 N–H and O–H groups in total. The molecule has 0 saturated heterocycles. The Morgan fingerprint density at radius 2 is 0.844 bits per heavy atom. The van der Waals surface area contributed by atoms with Crippen LogP contribution < -0.4 is 10.4 Å². The van der Waals surface area contributed by atoms with Crippen LogP contribution in [0.1, 0.15) is 50.7 Å². The molecule has 10 aromatic carbocycles. The quantitative estimate of drug-likeness (QED) is 0.115. The summed E-state index contributed by atoms with van der Waals surface area (Å²) in [6, 6.07) is 79.4. The molecule has 314 valence electrons. The molecule has 10 aromatic rings. The molecular formula is C60H49Cl2SiZr-3. The summed E-state index contributed by atoms with van der Waals surface area (Å²) in [6.07, 6.45) is 0. The van der Waals surface area contributed by atoms with Crippen molar-refractivity contribution >= 4 is 58.5 Å². The molecule has 0 saturated carbocycles. The van der Waals surface area contributed by atoms with Crippen molar-refractivity contribution in [3.63, 3.8) is 0 Å². The van der Waals surface area contributed by atoms with Gasteiger partial charge in [0.15, 0.2) is 0 Å². The van der Waals surface area contributed by atoms with E-state index in [2.05, 4.69) is 240 Å². The molecule has 0 unspecified atom stereocenters. The molecule has 11 rings (SSSR count). The summed E-state index contributed by atoms with van der Waals surface area (Å²) >= 11 is -0.826. The van der Waals surface area contributed by atoms with Crippen LogP contribution in [0.4, 0.5) is 0 Å².